The Kier molecular flexibility index (Phi) is 5.93. The zero-order chi connectivity index (χ0) is 13.5. The molecular formula is C16H27NO2. The molecule has 1 saturated carbocycles. The predicted molar refractivity (Wildman–Crippen MR) is 77.1 cm³/mol. The molecule has 108 valence electrons. The molecule has 2 rings (SSSR count). The molecule has 0 saturated heterocycles. The van der Waals surface area contributed by atoms with Crippen molar-refractivity contribution in [2.75, 3.05) is 13.2 Å². The first-order valence-corrected chi connectivity index (χ1v) is 7.66. The van der Waals surface area contributed by atoms with Crippen LogP contribution in [0.15, 0.2) is 10.5 Å². The van der Waals surface area contributed by atoms with Gasteiger partial charge in [0.15, 0.2) is 0 Å². The molecule has 1 heterocycles. The molecule has 1 aliphatic rings. The van der Waals surface area contributed by atoms with E-state index >= 15 is 0 Å². The van der Waals surface area contributed by atoms with Gasteiger partial charge in [-0.2, -0.15) is 0 Å². The Morgan fingerprint density at radius 3 is 2.84 bits per heavy atom. The summed E-state index contributed by atoms with van der Waals surface area (Å²) in [5, 5.41) is 3.33. The largest absolute Gasteiger partial charge is 0.464 e. The van der Waals surface area contributed by atoms with Crippen LogP contribution in [0.25, 0.3) is 0 Å². The molecule has 0 aliphatic heterocycles. The molecule has 0 aromatic carbocycles. The Morgan fingerprint density at radius 2 is 2.11 bits per heavy atom. The fourth-order valence-electron chi connectivity index (χ4n) is 2.77. The summed E-state index contributed by atoms with van der Waals surface area (Å²) in [6, 6.07) is 2.12. The lowest BCUT2D eigenvalue weighted by Gasteiger charge is -2.20. The van der Waals surface area contributed by atoms with Crippen LogP contribution in [-0.4, -0.2) is 13.2 Å². The van der Waals surface area contributed by atoms with E-state index in [4.69, 9.17) is 9.15 Å². The van der Waals surface area contributed by atoms with E-state index < -0.39 is 0 Å². The fourth-order valence-corrected chi connectivity index (χ4v) is 2.77. The molecule has 0 spiro atoms. The van der Waals surface area contributed by atoms with Crippen molar-refractivity contribution in [1.29, 1.82) is 0 Å². The number of hydrogen-bond acceptors (Lipinski definition) is 3. The number of rotatable bonds is 7. The lowest BCUT2D eigenvalue weighted by Crippen LogP contribution is -2.13. The zero-order valence-electron chi connectivity index (χ0n) is 12.3. The lowest BCUT2D eigenvalue weighted by atomic mass is 9.90. The Morgan fingerprint density at radius 1 is 1.32 bits per heavy atom. The summed E-state index contributed by atoms with van der Waals surface area (Å²) in [7, 11) is 0. The van der Waals surface area contributed by atoms with Gasteiger partial charge in [-0.25, -0.2) is 0 Å². The van der Waals surface area contributed by atoms with Crippen LogP contribution in [-0.2, 0) is 17.9 Å². The van der Waals surface area contributed by atoms with Crippen molar-refractivity contribution in [3.63, 3.8) is 0 Å². The smallest absolute Gasteiger partial charge is 0.130 e. The molecule has 1 aromatic rings. The second-order valence-corrected chi connectivity index (χ2v) is 5.59. The van der Waals surface area contributed by atoms with Gasteiger partial charge in [-0.15, -0.1) is 0 Å². The highest BCUT2D eigenvalue weighted by Gasteiger charge is 2.14. The van der Waals surface area contributed by atoms with Crippen molar-refractivity contribution >= 4 is 0 Å². The quantitative estimate of drug-likeness (QED) is 0.814. The van der Waals surface area contributed by atoms with Gasteiger partial charge in [-0.3, -0.25) is 0 Å². The second kappa shape index (κ2) is 7.71. The summed E-state index contributed by atoms with van der Waals surface area (Å²) in [5.41, 5.74) is 1.25. The van der Waals surface area contributed by atoms with Crippen LogP contribution >= 0.6 is 0 Å². The third kappa shape index (κ3) is 4.66. The van der Waals surface area contributed by atoms with Crippen LogP contribution < -0.4 is 5.32 Å². The Bertz CT molecular complexity index is 367. The van der Waals surface area contributed by atoms with Crippen molar-refractivity contribution in [2.45, 2.75) is 59.1 Å². The van der Waals surface area contributed by atoms with Crippen molar-refractivity contribution in [3.05, 3.63) is 23.2 Å². The molecule has 0 atom stereocenters. The van der Waals surface area contributed by atoms with Crippen LogP contribution in [0.4, 0.5) is 0 Å². The topological polar surface area (TPSA) is 34.4 Å². The highest BCUT2D eigenvalue weighted by molar-refractivity contribution is 5.20. The molecule has 0 unspecified atom stereocenters. The number of hydrogen-bond donors (Lipinski definition) is 1. The highest BCUT2D eigenvalue weighted by atomic mass is 16.5. The first-order valence-electron chi connectivity index (χ1n) is 7.66. The molecule has 0 radical (unpaired) electrons. The number of nitrogens with one attached hydrogen (secondary N) is 1. The Hall–Kier alpha value is -0.800. The molecule has 3 heteroatoms. The van der Waals surface area contributed by atoms with Gasteiger partial charge in [0.25, 0.3) is 0 Å². The van der Waals surface area contributed by atoms with E-state index in [1.54, 1.807) is 0 Å². The standard InChI is InChI=1S/C16H27NO2/c1-3-17-10-15-9-16(19-13(15)2)12-18-11-14-7-5-4-6-8-14/h9,14,17H,3-8,10-12H2,1-2H3. The summed E-state index contributed by atoms with van der Waals surface area (Å²) in [5.74, 6) is 2.74. The number of ether oxygens (including phenoxy) is 1. The second-order valence-electron chi connectivity index (χ2n) is 5.59. The maximum atomic E-state index is 5.82. The molecule has 0 bridgehead atoms. The van der Waals surface area contributed by atoms with E-state index in [9.17, 15) is 0 Å². The van der Waals surface area contributed by atoms with E-state index in [2.05, 4.69) is 18.3 Å². The third-order valence-electron chi connectivity index (χ3n) is 3.96. The fraction of sp³-hybridized carbons (Fsp3) is 0.750. The molecule has 1 aromatic heterocycles. The van der Waals surface area contributed by atoms with Crippen molar-refractivity contribution in [2.24, 2.45) is 5.92 Å². The predicted octanol–water partition coefficient (Wildman–Crippen LogP) is 3.79. The highest BCUT2D eigenvalue weighted by Crippen LogP contribution is 2.24. The Labute approximate surface area is 116 Å². The maximum absolute atomic E-state index is 5.82. The van der Waals surface area contributed by atoms with Crippen molar-refractivity contribution in [1.82, 2.24) is 5.32 Å². The van der Waals surface area contributed by atoms with Gasteiger partial charge in [-0.05, 0) is 38.3 Å². The van der Waals surface area contributed by atoms with Gasteiger partial charge >= 0.3 is 0 Å². The number of aryl methyl sites for hydroxylation is 1. The SMILES string of the molecule is CCNCc1cc(COCC2CCCCC2)oc1C. The van der Waals surface area contributed by atoms with Gasteiger partial charge in [0, 0.05) is 18.7 Å². The van der Waals surface area contributed by atoms with Gasteiger partial charge in [0.05, 0.1) is 0 Å². The average molecular weight is 265 g/mol. The van der Waals surface area contributed by atoms with Crippen LogP contribution in [0.1, 0.15) is 56.1 Å². The Balaban J connectivity index is 1.72. The minimum Gasteiger partial charge on any atom is -0.464 e. The summed E-state index contributed by atoms with van der Waals surface area (Å²) in [4.78, 5) is 0. The lowest BCUT2D eigenvalue weighted by molar-refractivity contribution is 0.0634. The summed E-state index contributed by atoms with van der Waals surface area (Å²) < 4.78 is 11.6. The van der Waals surface area contributed by atoms with Crippen LogP contribution in [0.2, 0.25) is 0 Å². The van der Waals surface area contributed by atoms with Crippen molar-refractivity contribution < 1.29 is 9.15 Å². The van der Waals surface area contributed by atoms with Gasteiger partial charge in [0.2, 0.25) is 0 Å². The molecule has 19 heavy (non-hydrogen) atoms. The molecule has 0 amide bonds. The minimum atomic E-state index is 0.615. The van der Waals surface area contributed by atoms with Gasteiger partial charge in [-0.1, -0.05) is 26.2 Å². The molecule has 1 aliphatic carbocycles. The molecule has 1 N–H and O–H groups in total. The van der Waals surface area contributed by atoms with E-state index in [0.717, 1.165) is 37.1 Å². The van der Waals surface area contributed by atoms with E-state index in [1.165, 1.54) is 37.7 Å². The van der Waals surface area contributed by atoms with Crippen LogP contribution in [0.5, 0.6) is 0 Å². The zero-order valence-corrected chi connectivity index (χ0v) is 12.3. The molecular weight excluding hydrogens is 238 g/mol. The normalized spacial score (nSPS) is 16.9. The number of furan rings is 1. The first-order chi connectivity index (χ1) is 9.29. The van der Waals surface area contributed by atoms with E-state index in [1.807, 2.05) is 6.92 Å². The third-order valence-corrected chi connectivity index (χ3v) is 3.96. The van der Waals surface area contributed by atoms with Gasteiger partial charge < -0.3 is 14.5 Å². The summed E-state index contributed by atoms with van der Waals surface area (Å²) in [6.45, 7) is 7.51. The average Bonchev–Trinajstić information content (AvgIpc) is 2.78. The van der Waals surface area contributed by atoms with Crippen LogP contribution in [0.3, 0.4) is 0 Å². The van der Waals surface area contributed by atoms with Crippen molar-refractivity contribution in [3.8, 4) is 0 Å². The molecule has 1 fully saturated rings. The minimum absolute atomic E-state index is 0.615. The summed E-state index contributed by atoms with van der Waals surface area (Å²) in [6.07, 6.45) is 6.83. The monoisotopic (exact) mass is 265 g/mol. The first kappa shape index (κ1) is 14.6. The summed E-state index contributed by atoms with van der Waals surface area (Å²) >= 11 is 0. The van der Waals surface area contributed by atoms with Crippen LogP contribution in [0, 0.1) is 12.8 Å². The van der Waals surface area contributed by atoms with E-state index in [0.29, 0.717) is 6.61 Å². The maximum Gasteiger partial charge on any atom is 0.130 e. The van der Waals surface area contributed by atoms with E-state index in [-0.39, 0.29) is 0 Å². The molecule has 3 nitrogen and oxygen atoms in total. The van der Waals surface area contributed by atoms with Gasteiger partial charge in [0.1, 0.15) is 18.1 Å².